The zero-order chi connectivity index (χ0) is 26.9. The van der Waals surface area contributed by atoms with Crippen molar-refractivity contribution in [2.24, 2.45) is 11.8 Å². The van der Waals surface area contributed by atoms with Crippen LogP contribution in [-0.2, 0) is 13.1 Å². The lowest BCUT2D eigenvalue weighted by Gasteiger charge is -2.14. The van der Waals surface area contributed by atoms with E-state index in [9.17, 15) is 0 Å². The first kappa shape index (κ1) is 26.6. The van der Waals surface area contributed by atoms with Gasteiger partial charge in [-0.2, -0.15) is 0 Å². The van der Waals surface area contributed by atoms with E-state index in [1.165, 1.54) is 30.4 Å². The summed E-state index contributed by atoms with van der Waals surface area (Å²) in [5, 5.41) is 7.31. The summed E-state index contributed by atoms with van der Waals surface area (Å²) >= 11 is 0. The number of benzene rings is 4. The molecule has 6 heteroatoms. The van der Waals surface area contributed by atoms with Gasteiger partial charge in [-0.15, -0.1) is 0 Å². The van der Waals surface area contributed by atoms with Crippen molar-refractivity contribution < 1.29 is 9.47 Å². The zero-order valence-electron chi connectivity index (χ0n) is 22.3. The van der Waals surface area contributed by atoms with Crippen LogP contribution in [0.5, 0.6) is 23.0 Å². The van der Waals surface area contributed by atoms with Crippen LogP contribution in [0.1, 0.15) is 30.4 Å². The SMILES string of the molecule is Nc1ccc(Oc2ccc(CNCC3CCC(CNCc4ccc(Oc5ccc(N)cc5)cc4)C3)cc2)cc1. The Hall–Kier alpha value is -4.00. The van der Waals surface area contributed by atoms with Gasteiger partial charge in [0, 0.05) is 24.5 Å². The molecular formula is C33H38N4O2. The van der Waals surface area contributed by atoms with Gasteiger partial charge in [-0.05, 0) is 128 Å². The second-order valence-corrected chi connectivity index (χ2v) is 10.4. The highest BCUT2D eigenvalue weighted by Crippen LogP contribution is 2.30. The molecule has 5 rings (SSSR count). The molecule has 0 amide bonds. The van der Waals surface area contributed by atoms with Crippen molar-refractivity contribution in [3.05, 3.63) is 108 Å². The van der Waals surface area contributed by atoms with Crippen molar-refractivity contribution in [3.8, 4) is 23.0 Å². The molecule has 4 aromatic carbocycles. The highest BCUT2D eigenvalue weighted by molar-refractivity contribution is 5.44. The van der Waals surface area contributed by atoms with Crippen LogP contribution in [0.15, 0.2) is 97.1 Å². The highest BCUT2D eigenvalue weighted by Gasteiger charge is 2.23. The first-order valence-corrected chi connectivity index (χ1v) is 13.8. The standard InChI is InChI=1S/C33H38N4O2/c34-28-7-15-32(16-8-28)38-30-11-3-24(4-12-30)20-36-22-26-1-2-27(19-26)23-37-21-25-5-13-31(14-6-25)39-33-17-9-29(35)10-18-33/h3-18,26-27,36-37H,1-2,19-23,34-35H2. The van der Waals surface area contributed by atoms with E-state index in [2.05, 4.69) is 34.9 Å². The maximum atomic E-state index is 5.89. The zero-order valence-corrected chi connectivity index (χ0v) is 22.3. The molecule has 0 aliphatic heterocycles. The van der Waals surface area contributed by atoms with Gasteiger partial charge in [-0.3, -0.25) is 0 Å². The number of ether oxygens (including phenoxy) is 2. The molecule has 39 heavy (non-hydrogen) atoms. The normalized spacial score (nSPS) is 16.7. The Kier molecular flexibility index (Phi) is 8.99. The van der Waals surface area contributed by atoms with Crippen LogP contribution in [0, 0.1) is 11.8 Å². The van der Waals surface area contributed by atoms with E-state index in [1.54, 1.807) is 0 Å². The van der Waals surface area contributed by atoms with Crippen molar-refractivity contribution in [1.29, 1.82) is 0 Å². The molecule has 1 aliphatic carbocycles. The summed E-state index contributed by atoms with van der Waals surface area (Å²) in [7, 11) is 0. The summed E-state index contributed by atoms with van der Waals surface area (Å²) in [6.45, 7) is 3.88. The predicted octanol–water partition coefficient (Wildman–Crippen LogP) is 6.73. The number of anilines is 2. The molecule has 0 heterocycles. The molecule has 4 aromatic rings. The molecule has 0 saturated heterocycles. The van der Waals surface area contributed by atoms with Crippen molar-refractivity contribution in [1.82, 2.24) is 10.6 Å². The third kappa shape index (κ3) is 8.24. The Balaban J connectivity index is 0.962. The van der Waals surface area contributed by atoms with Gasteiger partial charge in [0.05, 0.1) is 0 Å². The van der Waals surface area contributed by atoms with Gasteiger partial charge in [0.25, 0.3) is 0 Å². The van der Waals surface area contributed by atoms with Gasteiger partial charge in [0.2, 0.25) is 0 Å². The van der Waals surface area contributed by atoms with E-state index in [0.29, 0.717) is 0 Å². The summed E-state index contributed by atoms with van der Waals surface area (Å²) in [4.78, 5) is 0. The topological polar surface area (TPSA) is 94.6 Å². The number of nitrogens with one attached hydrogen (secondary N) is 2. The van der Waals surface area contributed by atoms with Gasteiger partial charge in [-0.25, -0.2) is 0 Å². The molecule has 0 spiro atoms. The number of hydrogen-bond donors (Lipinski definition) is 4. The molecule has 0 aromatic heterocycles. The lowest BCUT2D eigenvalue weighted by molar-refractivity contribution is 0.439. The van der Waals surface area contributed by atoms with E-state index in [4.69, 9.17) is 20.9 Å². The maximum absolute atomic E-state index is 5.89. The summed E-state index contributed by atoms with van der Waals surface area (Å²) in [6.07, 6.45) is 3.87. The average molecular weight is 523 g/mol. The molecule has 2 unspecified atom stereocenters. The van der Waals surface area contributed by atoms with Gasteiger partial charge >= 0.3 is 0 Å². The fourth-order valence-electron chi connectivity index (χ4n) is 5.09. The molecular weight excluding hydrogens is 484 g/mol. The Morgan fingerprint density at radius 2 is 0.846 bits per heavy atom. The summed E-state index contributed by atoms with van der Waals surface area (Å²) in [5.74, 6) is 4.73. The van der Waals surface area contributed by atoms with Crippen molar-refractivity contribution in [2.75, 3.05) is 24.6 Å². The number of hydrogen-bond acceptors (Lipinski definition) is 6. The van der Waals surface area contributed by atoms with Crippen LogP contribution < -0.4 is 31.6 Å². The fourth-order valence-corrected chi connectivity index (χ4v) is 5.09. The smallest absolute Gasteiger partial charge is 0.127 e. The minimum atomic E-state index is 0.734. The third-order valence-corrected chi connectivity index (χ3v) is 7.25. The molecule has 202 valence electrons. The first-order valence-electron chi connectivity index (χ1n) is 13.8. The number of nitrogens with two attached hydrogens (primary N) is 2. The first-order chi connectivity index (χ1) is 19.1. The predicted molar refractivity (Wildman–Crippen MR) is 159 cm³/mol. The summed E-state index contributed by atoms with van der Waals surface area (Å²) in [5.41, 5.74) is 15.5. The minimum Gasteiger partial charge on any atom is -0.457 e. The second-order valence-electron chi connectivity index (χ2n) is 10.4. The largest absolute Gasteiger partial charge is 0.457 e. The Labute approximate surface area is 231 Å². The van der Waals surface area contributed by atoms with Gasteiger partial charge in [-0.1, -0.05) is 24.3 Å². The van der Waals surface area contributed by atoms with E-state index in [0.717, 1.165) is 72.4 Å². The van der Waals surface area contributed by atoms with Crippen LogP contribution in [0.2, 0.25) is 0 Å². The van der Waals surface area contributed by atoms with Crippen LogP contribution in [0.3, 0.4) is 0 Å². The number of rotatable bonds is 12. The van der Waals surface area contributed by atoms with Crippen LogP contribution in [0.25, 0.3) is 0 Å². The fraction of sp³-hybridized carbons (Fsp3) is 0.273. The van der Waals surface area contributed by atoms with Crippen molar-refractivity contribution in [3.63, 3.8) is 0 Å². The van der Waals surface area contributed by atoms with Gasteiger partial charge in [0.15, 0.2) is 0 Å². The van der Waals surface area contributed by atoms with Crippen LogP contribution in [-0.4, -0.2) is 13.1 Å². The monoisotopic (exact) mass is 522 g/mol. The molecule has 1 fully saturated rings. The lowest BCUT2D eigenvalue weighted by Crippen LogP contribution is -2.23. The summed E-state index contributed by atoms with van der Waals surface area (Å²) < 4.78 is 11.8. The molecule has 6 N–H and O–H groups in total. The van der Waals surface area contributed by atoms with E-state index in [1.807, 2.05) is 72.8 Å². The molecule has 0 bridgehead atoms. The molecule has 1 saturated carbocycles. The van der Waals surface area contributed by atoms with Crippen LogP contribution in [0.4, 0.5) is 11.4 Å². The van der Waals surface area contributed by atoms with Crippen LogP contribution >= 0.6 is 0 Å². The lowest BCUT2D eigenvalue weighted by atomic mass is 10.0. The molecule has 6 nitrogen and oxygen atoms in total. The maximum Gasteiger partial charge on any atom is 0.127 e. The molecule has 1 aliphatic rings. The van der Waals surface area contributed by atoms with Gasteiger partial charge < -0.3 is 31.6 Å². The number of nitrogen functional groups attached to an aromatic ring is 2. The van der Waals surface area contributed by atoms with Gasteiger partial charge in [0.1, 0.15) is 23.0 Å². The Morgan fingerprint density at radius 1 is 0.513 bits per heavy atom. The third-order valence-electron chi connectivity index (χ3n) is 7.25. The van der Waals surface area contributed by atoms with Crippen molar-refractivity contribution >= 4 is 11.4 Å². The van der Waals surface area contributed by atoms with E-state index >= 15 is 0 Å². The van der Waals surface area contributed by atoms with E-state index in [-0.39, 0.29) is 0 Å². The Bertz CT molecular complexity index is 1190. The average Bonchev–Trinajstić information content (AvgIpc) is 3.41. The molecule has 0 radical (unpaired) electrons. The highest BCUT2D eigenvalue weighted by atomic mass is 16.5. The van der Waals surface area contributed by atoms with E-state index < -0.39 is 0 Å². The summed E-state index contributed by atoms with van der Waals surface area (Å²) in [6, 6.07) is 31.5. The minimum absolute atomic E-state index is 0.734. The van der Waals surface area contributed by atoms with Crippen molar-refractivity contribution in [2.45, 2.75) is 32.4 Å². The second kappa shape index (κ2) is 13.2. The Morgan fingerprint density at radius 3 is 1.21 bits per heavy atom. The molecule has 2 atom stereocenters. The quantitative estimate of drug-likeness (QED) is 0.154.